The lowest BCUT2D eigenvalue weighted by atomic mass is 9.90. The molecule has 28 heavy (non-hydrogen) atoms. The fourth-order valence-electron chi connectivity index (χ4n) is 3.89. The van der Waals surface area contributed by atoms with Gasteiger partial charge in [0.05, 0.1) is 11.3 Å². The Balaban J connectivity index is 1.43. The number of thioether (sulfide) groups is 1. The number of carbonyl (C=O) groups is 2. The molecular weight excluding hydrogens is 370 g/mol. The second-order valence-corrected chi connectivity index (χ2v) is 8.98. The maximum absolute atomic E-state index is 12.8. The predicted molar refractivity (Wildman–Crippen MR) is 112 cm³/mol. The number of hydrogen-bond acceptors (Lipinski definition) is 4. The molecule has 4 nitrogen and oxygen atoms in total. The Hall–Kier alpha value is -2.27. The van der Waals surface area contributed by atoms with Crippen molar-refractivity contribution in [2.45, 2.75) is 49.2 Å². The lowest BCUT2D eigenvalue weighted by Gasteiger charge is -2.22. The first-order valence-corrected chi connectivity index (χ1v) is 10.8. The molecule has 0 unspecified atom stereocenters. The summed E-state index contributed by atoms with van der Waals surface area (Å²) >= 11 is 1.79. The van der Waals surface area contributed by atoms with E-state index in [1.54, 1.807) is 16.7 Å². The van der Waals surface area contributed by atoms with Crippen LogP contribution in [-0.2, 0) is 22.4 Å². The van der Waals surface area contributed by atoms with E-state index in [0.29, 0.717) is 17.4 Å². The summed E-state index contributed by atoms with van der Waals surface area (Å²) in [6, 6.07) is 13.7. The van der Waals surface area contributed by atoms with Gasteiger partial charge in [0, 0.05) is 16.7 Å². The maximum atomic E-state index is 12.8. The number of amides is 1. The van der Waals surface area contributed by atoms with E-state index in [0.717, 1.165) is 36.3 Å². The largest absolute Gasteiger partial charge is 0.452 e. The number of rotatable bonds is 3. The second-order valence-electron chi connectivity index (χ2n) is 7.50. The number of para-hydroxylation sites is 1. The lowest BCUT2D eigenvalue weighted by Crippen LogP contribution is -2.35. The topological polar surface area (TPSA) is 46.6 Å². The molecule has 4 rings (SSSR count). The first-order valence-electron chi connectivity index (χ1n) is 9.97. The minimum absolute atomic E-state index is 0.173. The van der Waals surface area contributed by atoms with Crippen LogP contribution in [0.4, 0.5) is 5.69 Å². The van der Waals surface area contributed by atoms with Crippen molar-refractivity contribution in [3.8, 4) is 0 Å². The molecule has 1 amide bonds. The van der Waals surface area contributed by atoms with Crippen LogP contribution in [0.15, 0.2) is 47.4 Å². The monoisotopic (exact) mass is 395 g/mol. The van der Waals surface area contributed by atoms with Crippen LogP contribution in [0.1, 0.15) is 47.7 Å². The van der Waals surface area contributed by atoms with Gasteiger partial charge in [0.2, 0.25) is 0 Å². The molecule has 1 heterocycles. The Bertz CT molecular complexity index is 895. The van der Waals surface area contributed by atoms with Gasteiger partial charge in [0.25, 0.3) is 5.91 Å². The lowest BCUT2D eigenvalue weighted by molar-refractivity contribution is -0.121. The van der Waals surface area contributed by atoms with Gasteiger partial charge in [0.1, 0.15) is 0 Å². The van der Waals surface area contributed by atoms with Gasteiger partial charge in [-0.15, -0.1) is 11.8 Å². The summed E-state index contributed by atoms with van der Waals surface area (Å²) in [6.07, 6.45) is 5.36. The van der Waals surface area contributed by atoms with Gasteiger partial charge in [-0.05, 0) is 67.5 Å². The molecule has 1 aliphatic carbocycles. The number of hydrogen-bond donors (Lipinski definition) is 0. The highest BCUT2D eigenvalue weighted by Gasteiger charge is 2.25. The van der Waals surface area contributed by atoms with Crippen LogP contribution in [0.5, 0.6) is 0 Å². The number of esters is 1. The van der Waals surface area contributed by atoms with Crippen molar-refractivity contribution in [3.05, 3.63) is 59.2 Å². The van der Waals surface area contributed by atoms with Crippen LogP contribution in [0, 0.1) is 0 Å². The van der Waals surface area contributed by atoms with Crippen molar-refractivity contribution in [1.82, 2.24) is 0 Å². The highest BCUT2D eigenvalue weighted by atomic mass is 32.2. The zero-order valence-electron chi connectivity index (χ0n) is 16.1. The molecule has 2 aliphatic rings. The second kappa shape index (κ2) is 8.39. The summed E-state index contributed by atoms with van der Waals surface area (Å²) in [6.45, 7) is 2.58. The van der Waals surface area contributed by atoms with E-state index in [1.165, 1.54) is 17.5 Å². The molecule has 146 valence electrons. The van der Waals surface area contributed by atoms with Gasteiger partial charge < -0.3 is 9.64 Å². The highest BCUT2D eigenvalue weighted by molar-refractivity contribution is 8.00. The zero-order chi connectivity index (χ0) is 19.5. The molecule has 0 spiro atoms. The van der Waals surface area contributed by atoms with Crippen molar-refractivity contribution in [3.63, 3.8) is 0 Å². The van der Waals surface area contributed by atoms with E-state index in [2.05, 4.69) is 6.92 Å². The summed E-state index contributed by atoms with van der Waals surface area (Å²) in [5.41, 5.74) is 4.01. The summed E-state index contributed by atoms with van der Waals surface area (Å²) in [5, 5.41) is 0.442. The van der Waals surface area contributed by atoms with Gasteiger partial charge in [-0.25, -0.2) is 4.79 Å². The number of anilines is 1. The van der Waals surface area contributed by atoms with E-state index in [-0.39, 0.29) is 12.5 Å². The SMILES string of the molecule is C[C@@H]1CCN(C(=O)COC(=O)c2ccc3c(c2)CCCC3)c2ccccc2S1. The van der Waals surface area contributed by atoms with Crippen LogP contribution >= 0.6 is 11.8 Å². The molecule has 0 bridgehead atoms. The fraction of sp³-hybridized carbons (Fsp3) is 0.391. The quantitative estimate of drug-likeness (QED) is 0.711. The average molecular weight is 396 g/mol. The molecule has 0 radical (unpaired) electrons. The van der Waals surface area contributed by atoms with Crippen LogP contribution < -0.4 is 4.90 Å². The number of fused-ring (bicyclic) bond motifs is 2. The van der Waals surface area contributed by atoms with E-state index in [4.69, 9.17) is 4.74 Å². The predicted octanol–water partition coefficient (Wildman–Crippen LogP) is 4.64. The smallest absolute Gasteiger partial charge is 0.338 e. The van der Waals surface area contributed by atoms with Crippen LogP contribution in [0.2, 0.25) is 0 Å². The Kier molecular flexibility index (Phi) is 5.72. The van der Waals surface area contributed by atoms with E-state index >= 15 is 0 Å². The summed E-state index contributed by atoms with van der Waals surface area (Å²) in [4.78, 5) is 28.2. The third-order valence-corrected chi connectivity index (χ3v) is 6.69. The Morgan fingerprint density at radius 2 is 1.89 bits per heavy atom. The average Bonchev–Trinajstić information content (AvgIpc) is 2.89. The van der Waals surface area contributed by atoms with Crippen LogP contribution in [-0.4, -0.2) is 30.3 Å². The first kappa shape index (κ1) is 19.1. The van der Waals surface area contributed by atoms with Gasteiger partial charge in [-0.3, -0.25) is 4.79 Å². The Labute approximate surface area is 170 Å². The molecule has 0 saturated carbocycles. The molecule has 0 fully saturated rings. The Morgan fingerprint density at radius 1 is 1.11 bits per heavy atom. The summed E-state index contributed by atoms with van der Waals surface area (Å²) in [5.74, 6) is -0.596. The summed E-state index contributed by atoms with van der Waals surface area (Å²) in [7, 11) is 0. The normalized spacial score (nSPS) is 18.6. The standard InChI is InChI=1S/C23H25NO3S/c1-16-12-13-24(20-8-4-5-9-21(20)28-16)22(25)15-27-23(26)19-11-10-17-6-2-3-7-18(17)14-19/h4-5,8-11,14,16H,2-3,6-7,12-13,15H2,1H3/t16-/m1/s1. The first-order chi connectivity index (χ1) is 13.6. The minimum atomic E-state index is -0.424. The van der Waals surface area contributed by atoms with Crippen LogP contribution in [0.25, 0.3) is 0 Å². The van der Waals surface area contributed by atoms with Gasteiger partial charge in [0.15, 0.2) is 6.61 Å². The molecule has 0 aromatic heterocycles. The number of ether oxygens (including phenoxy) is 1. The van der Waals surface area contributed by atoms with E-state index < -0.39 is 5.97 Å². The maximum Gasteiger partial charge on any atom is 0.338 e. The third kappa shape index (κ3) is 4.09. The third-order valence-electron chi connectivity index (χ3n) is 5.46. The molecule has 0 N–H and O–H groups in total. The molecule has 2 aromatic carbocycles. The molecular formula is C23H25NO3S. The van der Waals surface area contributed by atoms with Gasteiger partial charge in [-0.1, -0.05) is 25.1 Å². The van der Waals surface area contributed by atoms with Crippen molar-refractivity contribution in [1.29, 1.82) is 0 Å². The van der Waals surface area contributed by atoms with Crippen LogP contribution in [0.3, 0.4) is 0 Å². The van der Waals surface area contributed by atoms with Gasteiger partial charge >= 0.3 is 5.97 Å². The zero-order valence-corrected chi connectivity index (χ0v) is 17.0. The van der Waals surface area contributed by atoms with Crippen molar-refractivity contribution < 1.29 is 14.3 Å². The molecule has 5 heteroatoms. The molecule has 1 atom stereocenters. The van der Waals surface area contributed by atoms with Gasteiger partial charge in [-0.2, -0.15) is 0 Å². The van der Waals surface area contributed by atoms with E-state index in [1.807, 2.05) is 42.5 Å². The molecule has 2 aromatic rings. The number of benzene rings is 2. The number of nitrogens with zero attached hydrogens (tertiary/aromatic N) is 1. The minimum Gasteiger partial charge on any atom is -0.452 e. The van der Waals surface area contributed by atoms with Crippen molar-refractivity contribution in [2.75, 3.05) is 18.1 Å². The van der Waals surface area contributed by atoms with Crippen molar-refractivity contribution in [2.24, 2.45) is 0 Å². The Morgan fingerprint density at radius 3 is 2.75 bits per heavy atom. The fourth-order valence-corrected chi connectivity index (χ4v) is 5.01. The number of carbonyl (C=O) groups excluding carboxylic acids is 2. The number of aryl methyl sites for hydroxylation is 2. The highest BCUT2D eigenvalue weighted by Crippen LogP contribution is 2.37. The summed E-state index contributed by atoms with van der Waals surface area (Å²) < 4.78 is 5.38. The molecule has 0 saturated heterocycles. The van der Waals surface area contributed by atoms with E-state index in [9.17, 15) is 9.59 Å². The molecule has 1 aliphatic heterocycles. The van der Waals surface area contributed by atoms with Crippen molar-refractivity contribution >= 4 is 29.3 Å².